The summed E-state index contributed by atoms with van der Waals surface area (Å²) in [6.07, 6.45) is 2.73. The summed E-state index contributed by atoms with van der Waals surface area (Å²) in [5.41, 5.74) is 6.29. The summed E-state index contributed by atoms with van der Waals surface area (Å²) in [4.78, 5) is 11.7. The summed E-state index contributed by atoms with van der Waals surface area (Å²) >= 11 is 0. The van der Waals surface area contributed by atoms with E-state index < -0.39 is 0 Å². The van der Waals surface area contributed by atoms with Gasteiger partial charge in [0.2, 0.25) is 0 Å². The summed E-state index contributed by atoms with van der Waals surface area (Å²) < 4.78 is 5.87. The van der Waals surface area contributed by atoms with Gasteiger partial charge in [-0.3, -0.25) is 4.79 Å². The van der Waals surface area contributed by atoms with Crippen LogP contribution in [0.2, 0.25) is 0 Å². The SMILES string of the molecule is Cc1c(C=O)c(-c2nnc3c4c(C)n(C)c(C)c4cnn23)c(C)n1C. The zero-order chi connectivity index (χ0) is 18.0. The lowest BCUT2D eigenvalue weighted by atomic mass is 10.1. The number of nitrogens with zero attached hydrogens (tertiary/aromatic N) is 6. The summed E-state index contributed by atoms with van der Waals surface area (Å²) in [6, 6.07) is 0. The van der Waals surface area contributed by atoms with Crippen LogP contribution in [0.1, 0.15) is 33.1 Å². The minimum absolute atomic E-state index is 0.598. The molecule has 0 unspecified atom stereocenters. The van der Waals surface area contributed by atoms with Crippen molar-refractivity contribution in [3.8, 4) is 11.4 Å². The van der Waals surface area contributed by atoms with Gasteiger partial charge in [0, 0.05) is 47.8 Å². The van der Waals surface area contributed by atoms with Crippen molar-refractivity contribution in [3.63, 3.8) is 0 Å². The first-order valence-electron chi connectivity index (χ1n) is 8.15. The highest BCUT2D eigenvalue weighted by Gasteiger charge is 2.23. The molecule has 4 aromatic heterocycles. The Morgan fingerprint density at radius 3 is 2.28 bits per heavy atom. The molecule has 0 atom stereocenters. The van der Waals surface area contributed by atoms with Crippen molar-refractivity contribution >= 4 is 22.7 Å². The van der Waals surface area contributed by atoms with Crippen LogP contribution in [0, 0.1) is 27.7 Å². The number of carbonyl (C=O) groups excluding carboxylic acids is 1. The lowest BCUT2D eigenvalue weighted by molar-refractivity contribution is 0.112. The van der Waals surface area contributed by atoms with E-state index in [1.54, 1.807) is 4.52 Å². The van der Waals surface area contributed by atoms with Gasteiger partial charge < -0.3 is 9.13 Å². The molecular formula is C18H20N6O. The highest BCUT2D eigenvalue weighted by Crippen LogP contribution is 2.32. The first-order chi connectivity index (χ1) is 11.9. The van der Waals surface area contributed by atoms with Crippen LogP contribution in [0.5, 0.6) is 0 Å². The van der Waals surface area contributed by atoms with Crippen molar-refractivity contribution in [2.45, 2.75) is 27.7 Å². The van der Waals surface area contributed by atoms with E-state index in [0.717, 1.165) is 45.4 Å². The Balaban J connectivity index is 2.13. The summed E-state index contributed by atoms with van der Waals surface area (Å²) in [6.45, 7) is 8.05. The number of carbonyl (C=O) groups is 1. The van der Waals surface area contributed by atoms with Crippen molar-refractivity contribution in [3.05, 3.63) is 34.5 Å². The van der Waals surface area contributed by atoms with Crippen LogP contribution in [0.3, 0.4) is 0 Å². The van der Waals surface area contributed by atoms with Gasteiger partial charge in [-0.15, -0.1) is 10.2 Å². The number of fused-ring (bicyclic) bond motifs is 3. The maximum atomic E-state index is 11.7. The molecule has 25 heavy (non-hydrogen) atoms. The molecular weight excluding hydrogens is 316 g/mol. The number of aryl methyl sites for hydroxylation is 2. The molecule has 0 aromatic carbocycles. The van der Waals surface area contributed by atoms with Crippen LogP contribution in [0.25, 0.3) is 27.8 Å². The third-order valence-electron chi connectivity index (χ3n) is 5.56. The van der Waals surface area contributed by atoms with E-state index in [0.29, 0.717) is 17.0 Å². The molecule has 128 valence electrons. The zero-order valence-corrected chi connectivity index (χ0v) is 15.2. The number of rotatable bonds is 2. The van der Waals surface area contributed by atoms with E-state index in [1.165, 1.54) is 0 Å². The van der Waals surface area contributed by atoms with Gasteiger partial charge in [-0.2, -0.15) is 9.61 Å². The van der Waals surface area contributed by atoms with Crippen molar-refractivity contribution in [2.24, 2.45) is 14.1 Å². The Bertz CT molecular complexity index is 1170. The van der Waals surface area contributed by atoms with E-state index in [9.17, 15) is 4.79 Å². The molecule has 7 heteroatoms. The molecule has 0 fully saturated rings. The Hall–Kier alpha value is -2.96. The second-order valence-corrected chi connectivity index (χ2v) is 6.56. The fraction of sp³-hybridized carbons (Fsp3) is 0.333. The summed E-state index contributed by atoms with van der Waals surface area (Å²) in [7, 11) is 3.98. The Morgan fingerprint density at radius 1 is 0.920 bits per heavy atom. The van der Waals surface area contributed by atoms with Crippen LogP contribution >= 0.6 is 0 Å². The van der Waals surface area contributed by atoms with Gasteiger partial charge >= 0.3 is 0 Å². The van der Waals surface area contributed by atoms with Crippen LogP contribution in [0.4, 0.5) is 0 Å². The van der Waals surface area contributed by atoms with Crippen LogP contribution in [0.15, 0.2) is 6.20 Å². The molecule has 4 heterocycles. The molecule has 7 nitrogen and oxygen atoms in total. The van der Waals surface area contributed by atoms with Gasteiger partial charge in [-0.1, -0.05) is 0 Å². The average Bonchev–Trinajstić information content (AvgIpc) is 3.19. The molecule has 0 N–H and O–H groups in total. The molecule has 0 aliphatic heterocycles. The first kappa shape index (κ1) is 15.6. The van der Waals surface area contributed by atoms with E-state index in [-0.39, 0.29) is 0 Å². The fourth-order valence-electron chi connectivity index (χ4n) is 3.63. The predicted molar refractivity (Wildman–Crippen MR) is 96.0 cm³/mol. The lowest BCUT2D eigenvalue weighted by Gasteiger charge is -2.02. The minimum Gasteiger partial charge on any atom is -0.351 e. The summed E-state index contributed by atoms with van der Waals surface area (Å²) in [5.74, 6) is 0.598. The molecule has 4 aromatic rings. The standard InChI is InChI=1S/C18H20N6O/c1-9-13-7-19-24-17(15(13)11(3)22(9)5)20-21-18(24)16-12(4)23(6)10(2)14(16)8-25/h7-8H,1-6H3. The molecule has 0 spiro atoms. The number of aldehydes is 1. The fourth-order valence-corrected chi connectivity index (χ4v) is 3.63. The van der Waals surface area contributed by atoms with E-state index in [1.807, 2.05) is 38.7 Å². The first-order valence-corrected chi connectivity index (χ1v) is 8.15. The molecule has 0 saturated carbocycles. The number of aromatic nitrogens is 6. The molecule has 4 rings (SSSR count). The van der Waals surface area contributed by atoms with Gasteiger partial charge in [0.15, 0.2) is 17.8 Å². The van der Waals surface area contributed by atoms with Crippen LogP contribution < -0.4 is 0 Å². The monoisotopic (exact) mass is 336 g/mol. The molecule has 0 radical (unpaired) electrons. The maximum Gasteiger partial charge on any atom is 0.187 e. The second-order valence-electron chi connectivity index (χ2n) is 6.56. The number of hydrogen-bond donors (Lipinski definition) is 0. The maximum absolute atomic E-state index is 11.7. The third kappa shape index (κ3) is 1.80. The van der Waals surface area contributed by atoms with Crippen molar-refractivity contribution in [1.82, 2.24) is 28.9 Å². The highest BCUT2D eigenvalue weighted by molar-refractivity contribution is 5.98. The molecule has 0 aliphatic carbocycles. The molecule has 0 amide bonds. The Kier molecular flexibility index (Phi) is 3.12. The van der Waals surface area contributed by atoms with E-state index >= 15 is 0 Å². The quantitative estimate of drug-likeness (QED) is 0.528. The predicted octanol–water partition coefficient (Wildman–Crippen LogP) is 2.67. The van der Waals surface area contributed by atoms with Gasteiger partial charge in [0.25, 0.3) is 0 Å². The van der Waals surface area contributed by atoms with Crippen molar-refractivity contribution < 1.29 is 4.79 Å². The van der Waals surface area contributed by atoms with Gasteiger partial charge in [-0.05, 0) is 27.7 Å². The molecule has 0 saturated heterocycles. The normalized spacial score (nSPS) is 11.8. The topological polar surface area (TPSA) is 70.0 Å². The van der Waals surface area contributed by atoms with Crippen LogP contribution in [-0.2, 0) is 14.1 Å². The van der Waals surface area contributed by atoms with E-state index in [4.69, 9.17) is 0 Å². The third-order valence-corrected chi connectivity index (χ3v) is 5.56. The van der Waals surface area contributed by atoms with Gasteiger partial charge in [-0.25, -0.2) is 0 Å². The van der Waals surface area contributed by atoms with Gasteiger partial charge in [0.05, 0.1) is 17.1 Å². The largest absolute Gasteiger partial charge is 0.351 e. The van der Waals surface area contributed by atoms with Crippen molar-refractivity contribution in [1.29, 1.82) is 0 Å². The van der Waals surface area contributed by atoms with Crippen LogP contribution in [-0.4, -0.2) is 35.2 Å². The van der Waals surface area contributed by atoms with Crippen molar-refractivity contribution in [2.75, 3.05) is 0 Å². The molecule has 0 bridgehead atoms. The highest BCUT2D eigenvalue weighted by atomic mass is 16.1. The second kappa shape index (κ2) is 5.02. The Labute approximate surface area is 144 Å². The smallest absolute Gasteiger partial charge is 0.187 e. The van der Waals surface area contributed by atoms with E-state index in [2.05, 4.69) is 33.7 Å². The zero-order valence-electron chi connectivity index (χ0n) is 15.2. The number of hydrogen-bond acceptors (Lipinski definition) is 4. The summed E-state index contributed by atoms with van der Waals surface area (Å²) in [5, 5.41) is 15.5. The Morgan fingerprint density at radius 2 is 1.60 bits per heavy atom. The van der Waals surface area contributed by atoms with Gasteiger partial charge in [0.1, 0.15) is 0 Å². The lowest BCUT2D eigenvalue weighted by Crippen LogP contribution is -1.98. The average molecular weight is 336 g/mol. The minimum atomic E-state index is 0.598. The molecule has 0 aliphatic rings.